The first-order valence-corrected chi connectivity index (χ1v) is 23.1. The average molecular weight is 833 g/mol. The molecule has 0 spiro atoms. The second-order valence-electron chi connectivity index (χ2n) is 14.1. The largest absolute Gasteiger partial charge is 0.508 e. The van der Waals surface area contributed by atoms with E-state index in [2.05, 4.69) is 29.1 Å². The molecule has 6 rings (SSSR count). The topological polar surface area (TPSA) is 247 Å². The molecule has 0 bridgehead atoms. The Kier molecular flexibility index (Phi) is 15.0. The van der Waals surface area contributed by atoms with E-state index in [-0.39, 0.29) is 28.9 Å². The fourth-order valence-corrected chi connectivity index (χ4v) is 8.43. The molecular weight excluding hydrogens is 781 g/mol. The summed E-state index contributed by atoms with van der Waals surface area (Å²) >= 11 is 0. The molecular formula is C38H52N6O9S3. The van der Waals surface area contributed by atoms with Gasteiger partial charge in [0.25, 0.3) is 0 Å². The Morgan fingerprint density at radius 3 is 1.25 bits per heavy atom. The molecule has 6 aromatic rings. The van der Waals surface area contributed by atoms with E-state index in [9.17, 15) is 40.6 Å². The van der Waals surface area contributed by atoms with Crippen LogP contribution in [-0.4, -0.2) is 92.4 Å². The van der Waals surface area contributed by atoms with Gasteiger partial charge in [0.15, 0.2) is 0 Å². The molecule has 9 N–H and O–H groups in total. The molecule has 0 aliphatic heterocycles. The maximum atomic E-state index is 11.7. The molecule has 3 aromatic carbocycles. The van der Waals surface area contributed by atoms with Crippen LogP contribution in [0, 0.1) is 5.92 Å². The Labute approximate surface area is 328 Å². The van der Waals surface area contributed by atoms with Crippen LogP contribution in [0.15, 0.2) is 73.2 Å². The number of sulfonamides is 3. The SMILES string of the molecule is CC(C)CS(=O)(=O)NCCc1c[nH]c2ccc(O)cc12.CC(C)S(=O)(=O)NCCc1c[nH]c2ccc(O)cc12.CS(=O)(=O)NCCc1c[nH]c2ccc(O)cc12. The second kappa shape index (κ2) is 19.0. The van der Waals surface area contributed by atoms with Crippen molar-refractivity contribution in [2.24, 2.45) is 5.92 Å². The van der Waals surface area contributed by atoms with Gasteiger partial charge in [-0.1, -0.05) is 13.8 Å². The Bertz CT molecular complexity index is 2560. The number of rotatable bonds is 15. The lowest BCUT2D eigenvalue weighted by Gasteiger charge is -2.08. The first-order valence-electron chi connectivity index (χ1n) is 18.0. The smallest absolute Gasteiger partial charge is 0.213 e. The fourth-order valence-electron chi connectivity index (χ4n) is 5.82. The van der Waals surface area contributed by atoms with Crippen molar-refractivity contribution < 1.29 is 40.6 Å². The van der Waals surface area contributed by atoms with Crippen molar-refractivity contribution in [3.63, 3.8) is 0 Å². The molecule has 0 saturated heterocycles. The molecule has 15 nitrogen and oxygen atoms in total. The normalized spacial score (nSPS) is 12.3. The number of phenols is 3. The number of aromatic nitrogens is 3. The highest BCUT2D eigenvalue weighted by Crippen LogP contribution is 2.25. The van der Waals surface area contributed by atoms with Gasteiger partial charge in [-0.2, -0.15) is 0 Å². The molecule has 18 heteroatoms. The van der Waals surface area contributed by atoms with E-state index in [1.165, 1.54) is 0 Å². The fraction of sp³-hybridized carbons (Fsp3) is 0.368. The van der Waals surface area contributed by atoms with Crippen molar-refractivity contribution in [2.75, 3.05) is 31.6 Å². The van der Waals surface area contributed by atoms with Crippen molar-refractivity contribution in [2.45, 2.75) is 52.2 Å². The summed E-state index contributed by atoms with van der Waals surface area (Å²) in [4.78, 5) is 9.28. The molecule has 0 unspecified atom stereocenters. The molecule has 0 aliphatic carbocycles. The molecule has 0 fully saturated rings. The zero-order valence-corrected chi connectivity index (χ0v) is 34.5. The van der Waals surface area contributed by atoms with Crippen LogP contribution in [0.2, 0.25) is 0 Å². The molecule has 0 radical (unpaired) electrons. The Balaban J connectivity index is 0.000000187. The number of hydrogen-bond donors (Lipinski definition) is 9. The van der Waals surface area contributed by atoms with E-state index in [1.807, 2.05) is 32.4 Å². The quantitative estimate of drug-likeness (QED) is 0.0695. The lowest BCUT2D eigenvalue weighted by molar-refractivity contribution is 0.475. The third-order valence-electron chi connectivity index (χ3n) is 8.60. The summed E-state index contributed by atoms with van der Waals surface area (Å²) in [5, 5.41) is 30.7. The zero-order valence-electron chi connectivity index (χ0n) is 32.0. The third-order valence-corrected chi connectivity index (χ3v) is 12.9. The van der Waals surface area contributed by atoms with Gasteiger partial charge < -0.3 is 30.3 Å². The van der Waals surface area contributed by atoms with E-state index >= 15 is 0 Å². The monoisotopic (exact) mass is 832 g/mol. The Morgan fingerprint density at radius 1 is 0.554 bits per heavy atom. The number of aromatic hydroxyl groups is 3. The Morgan fingerprint density at radius 2 is 0.911 bits per heavy atom. The van der Waals surface area contributed by atoms with Gasteiger partial charge in [-0.15, -0.1) is 0 Å². The van der Waals surface area contributed by atoms with Crippen LogP contribution in [-0.2, 0) is 49.3 Å². The molecule has 0 amide bonds. The standard InChI is InChI=1S/C14H20N2O3S.C13H18N2O3S.C11H14N2O3S/c1-10(2)9-20(18,19)16-6-5-11-8-15-14-4-3-12(17)7-13(11)14;1-9(2)19(17,18)15-6-5-10-8-14-13-4-3-11(16)7-12(10)13;1-17(15,16)13-5-4-8-7-12-11-3-2-9(14)6-10(8)11/h3-4,7-8,10,15-17H,5-6,9H2,1-2H3;3-4,7-9,14-16H,5-6H2,1-2H3;2-3,6-7,12-14H,4-5H2,1H3. The average Bonchev–Trinajstić information content (AvgIpc) is 3.81. The summed E-state index contributed by atoms with van der Waals surface area (Å²) in [6, 6.07) is 15.3. The van der Waals surface area contributed by atoms with E-state index in [4.69, 9.17) is 0 Å². The molecule has 3 heterocycles. The van der Waals surface area contributed by atoms with Gasteiger partial charge in [-0.05, 0) is 110 Å². The second-order valence-corrected chi connectivity index (χ2v) is 20.1. The summed E-state index contributed by atoms with van der Waals surface area (Å²) in [7, 11) is -9.58. The maximum absolute atomic E-state index is 11.7. The minimum atomic E-state index is -3.22. The van der Waals surface area contributed by atoms with Crippen molar-refractivity contribution >= 4 is 62.8 Å². The van der Waals surface area contributed by atoms with Crippen molar-refractivity contribution in [1.82, 2.24) is 29.1 Å². The van der Waals surface area contributed by atoms with Gasteiger partial charge in [0, 0.05) is 70.9 Å². The lowest BCUT2D eigenvalue weighted by atomic mass is 10.1. The van der Waals surface area contributed by atoms with Crippen LogP contribution >= 0.6 is 0 Å². The van der Waals surface area contributed by atoms with Crippen molar-refractivity contribution in [1.29, 1.82) is 0 Å². The highest BCUT2D eigenvalue weighted by Gasteiger charge is 2.15. The van der Waals surface area contributed by atoms with Gasteiger partial charge in [0.2, 0.25) is 30.1 Å². The maximum Gasteiger partial charge on any atom is 0.213 e. The summed E-state index contributed by atoms with van der Waals surface area (Å²) in [5.74, 6) is 0.864. The summed E-state index contributed by atoms with van der Waals surface area (Å²) in [6.45, 7) is 8.10. The number of phenolic OH excluding ortho intramolecular Hbond substituents is 3. The predicted molar refractivity (Wildman–Crippen MR) is 223 cm³/mol. The number of nitrogens with one attached hydrogen (secondary N) is 6. The lowest BCUT2D eigenvalue weighted by Crippen LogP contribution is -2.32. The number of aromatic amines is 3. The number of benzene rings is 3. The van der Waals surface area contributed by atoms with Gasteiger partial charge >= 0.3 is 0 Å². The zero-order chi connectivity index (χ0) is 41.3. The molecule has 56 heavy (non-hydrogen) atoms. The van der Waals surface area contributed by atoms with Gasteiger partial charge in [-0.3, -0.25) is 0 Å². The Hall–Kier alpha value is -4.59. The number of hydrogen-bond acceptors (Lipinski definition) is 9. The predicted octanol–water partition coefficient (Wildman–Crippen LogP) is 4.70. The van der Waals surface area contributed by atoms with E-state index in [0.717, 1.165) is 55.7 Å². The van der Waals surface area contributed by atoms with Crippen LogP contribution in [0.5, 0.6) is 17.2 Å². The van der Waals surface area contributed by atoms with Crippen molar-refractivity contribution in [3.05, 3.63) is 89.9 Å². The summed E-state index contributed by atoms with van der Waals surface area (Å²) < 4.78 is 76.1. The molecule has 0 aliphatic rings. The molecule has 0 saturated carbocycles. The van der Waals surface area contributed by atoms with Gasteiger partial charge in [0.05, 0.1) is 17.3 Å². The highest BCUT2D eigenvalue weighted by atomic mass is 32.2. The number of H-pyrrole nitrogens is 3. The summed E-state index contributed by atoms with van der Waals surface area (Å²) in [5.41, 5.74) is 5.74. The van der Waals surface area contributed by atoms with Gasteiger partial charge in [-0.25, -0.2) is 39.4 Å². The van der Waals surface area contributed by atoms with Crippen LogP contribution < -0.4 is 14.2 Å². The van der Waals surface area contributed by atoms with E-state index in [0.29, 0.717) is 38.9 Å². The minimum absolute atomic E-state index is 0.109. The van der Waals surface area contributed by atoms with E-state index in [1.54, 1.807) is 68.4 Å². The first kappa shape index (κ1) is 44.1. The van der Waals surface area contributed by atoms with Crippen molar-refractivity contribution in [3.8, 4) is 17.2 Å². The van der Waals surface area contributed by atoms with Gasteiger partial charge in [0.1, 0.15) is 17.2 Å². The van der Waals surface area contributed by atoms with Crippen LogP contribution in [0.3, 0.4) is 0 Å². The first-order chi connectivity index (χ1) is 26.2. The van der Waals surface area contributed by atoms with Crippen LogP contribution in [0.4, 0.5) is 0 Å². The molecule has 0 atom stereocenters. The third kappa shape index (κ3) is 13.3. The molecule has 3 aromatic heterocycles. The minimum Gasteiger partial charge on any atom is -0.508 e. The number of fused-ring (bicyclic) bond motifs is 3. The molecule has 306 valence electrons. The van der Waals surface area contributed by atoms with Crippen LogP contribution in [0.25, 0.3) is 32.7 Å². The van der Waals surface area contributed by atoms with Crippen LogP contribution in [0.1, 0.15) is 44.4 Å². The van der Waals surface area contributed by atoms with E-state index < -0.39 is 35.3 Å². The summed E-state index contributed by atoms with van der Waals surface area (Å²) in [6.07, 6.45) is 8.39. The highest BCUT2D eigenvalue weighted by molar-refractivity contribution is 7.90.